The Morgan fingerprint density at radius 2 is 1.18 bits per heavy atom. The van der Waals surface area contributed by atoms with Gasteiger partial charge in [-0.1, -0.05) is 122 Å². The first-order valence-corrected chi connectivity index (χ1v) is 17.4. The Morgan fingerprint density at radius 1 is 0.569 bits per heavy atom. The van der Waals surface area contributed by atoms with Crippen molar-refractivity contribution >= 4 is 38.9 Å². The zero-order valence-corrected chi connectivity index (χ0v) is 28.0. The number of hydrogen-bond donors (Lipinski definition) is 0. The zero-order valence-electron chi connectivity index (χ0n) is 28.0. The molecule has 1 unspecified atom stereocenters. The van der Waals surface area contributed by atoms with E-state index in [-0.39, 0.29) is 0 Å². The van der Waals surface area contributed by atoms with Crippen LogP contribution in [0.3, 0.4) is 0 Å². The summed E-state index contributed by atoms with van der Waals surface area (Å²) in [7, 11) is 0. The van der Waals surface area contributed by atoms with E-state index in [2.05, 4.69) is 96.4 Å². The number of hydrogen-bond acceptors (Lipinski definition) is 4. The van der Waals surface area contributed by atoms with Gasteiger partial charge in [0.2, 0.25) is 0 Å². The molecule has 0 saturated heterocycles. The van der Waals surface area contributed by atoms with Crippen LogP contribution in [0.2, 0.25) is 0 Å². The number of benzene rings is 6. The minimum absolute atomic E-state index is 0.413. The quantitative estimate of drug-likeness (QED) is 0.185. The zero-order chi connectivity index (χ0) is 33.9. The second kappa shape index (κ2) is 11.8. The summed E-state index contributed by atoms with van der Waals surface area (Å²) in [6.07, 6.45) is 5.61. The molecule has 6 aromatic carbocycles. The van der Waals surface area contributed by atoms with E-state index >= 15 is 0 Å². The highest BCUT2D eigenvalue weighted by molar-refractivity contribution is 6.10. The van der Waals surface area contributed by atoms with Crippen LogP contribution in [0.4, 0.5) is 0 Å². The molecular formula is C46H32N4O. The Labute approximate surface area is 295 Å². The van der Waals surface area contributed by atoms with E-state index in [0.29, 0.717) is 23.4 Å². The van der Waals surface area contributed by atoms with E-state index in [1.807, 2.05) is 72.8 Å². The molecule has 3 aromatic heterocycles. The number of aromatic nitrogens is 4. The number of para-hydroxylation sites is 2. The fourth-order valence-corrected chi connectivity index (χ4v) is 7.63. The standard InChI is InChI=1S/C46H32N4O/c1-29-12-10-20-39-42(29)38-27-24-33(35-18-11-19-37-36-17-8-9-21-41(36)51-43(35)37)28-40(38)50(39)34-25-22-32(23-26-34)46-48-44(30-13-4-2-5-14-30)47-45(49-46)31-15-6-3-7-16-31/h2-11,13-29H,12H2,1H3. The highest BCUT2D eigenvalue weighted by atomic mass is 16.3. The van der Waals surface area contributed by atoms with Gasteiger partial charge in [-0.15, -0.1) is 0 Å². The maximum atomic E-state index is 6.46. The van der Waals surface area contributed by atoms with Crippen molar-refractivity contribution < 1.29 is 4.42 Å². The Balaban J connectivity index is 1.12. The average Bonchev–Trinajstić information content (AvgIpc) is 3.75. The molecule has 1 aliphatic carbocycles. The maximum Gasteiger partial charge on any atom is 0.164 e. The molecule has 0 amide bonds. The normalized spacial score (nSPS) is 14.0. The van der Waals surface area contributed by atoms with Crippen molar-refractivity contribution in [2.24, 2.45) is 0 Å². The van der Waals surface area contributed by atoms with Gasteiger partial charge >= 0.3 is 0 Å². The Hall–Kier alpha value is -6.59. The van der Waals surface area contributed by atoms with Gasteiger partial charge in [-0.2, -0.15) is 0 Å². The molecule has 5 nitrogen and oxygen atoms in total. The second-order valence-corrected chi connectivity index (χ2v) is 13.3. The molecule has 0 radical (unpaired) electrons. The molecule has 10 rings (SSSR count). The molecule has 0 aliphatic heterocycles. The lowest BCUT2D eigenvalue weighted by Gasteiger charge is -2.17. The lowest BCUT2D eigenvalue weighted by Crippen LogP contribution is -2.03. The fraction of sp³-hybridized carbons (Fsp3) is 0.0652. The first kappa shape index (κ1) is 29.3. The summed E-state index contributed by atoms with van der Waals surface area (Å²) in [6.45, 7) is 2.33. The lowest BCUT2D eigenvalue weighted by atomic mass is 9.90. The monoisotopic (exact) mass is 656 g/mol. The van der Waals surface area contributed by atoms with Crippen molar-refractivity contribution in [3.05, 3.63) is 163 Å². The summed E-state index contributed by atoms with van der Waals surface area (Å²) in [5.74, 6) is 2.36. The molecule has 0 bridgehead atoms. The largest absolute Gasteiger partial charge is 0.455 e. The van der Waals surface area contributed by atoms with E-state index < -0.39 is 0 Å². The van der Waals surface area contributed by atoms with E-state index in [9.17, 15) is 0 Å². The van der Waals surface area contributed by atoms with Crippen molar-refractivity contribution in [2.45, 2.75) is 19.3 Å². The van der Waals surface area contributed by atoms with Gasteiger partial charge in [-0.3, -0.25) is 0 Å². The predicted octanol–water partition coefficient (Wildman–Crippen LogP) is 11.9. The van der Waals surface area contributed by atoms with Crippen LogP contribution in [-0.2, 0) is 0 Å². The molecule has 242 valence electrons. The molecule has 0 N–H and O–H groups in total. The molecule has 0 saturated carbocycles. The Morgan fingerprint density at radius 3 is 1.88 bits per heavy atom. The van der Waals surface area contributed by atoms with Crippen molar-refractivity contribution in [2.75, 3.05) is 0 Å². The summed E-state index contributed by atoms with van der Waals surface area (Å²) in [6, 6.07) is 50.4. The topological polar surface area (TPSA) is 56.7 Å². The van der Waals surface area contributed by atoms with Gasteiger partial charge in [-0.05, 0) is 65.9 Å². The molecule has 9 aromatic rings. The summed E-state index contributed by atoms with van der Waals surface area (Å²) >= 11 is 0. The summed E-state index contributed by atoms with van der Waals surface area (Å²) < 4.78 is 8.86. The van der Waals surface area contributed by atoms with Crippen LogP contribution in [0, 0.1) is 0 Å². The van der Waals surface area contributed by atoms with Crippen LogP contribution in [0.15, 0.2) is 156 Å². The molecule has 1 aliphatic rings. The smallest absolute Gasteiger partial charge is 0.164 e. The second-order valence-electron chi connectivity index (χ2n) is 13.3. The van der Waals surface area contributed by atoms with Crippen molar-refractivity contribution in [3.8, 4) is 51.0 Å². The fourth-order valence-electron chi connectivity index (χ4n) is 7.63. The Kier molecular flexibility index (Phi) is 6.78. The highest BCUT2D eigenvalue weighted by Gasteiger charge is 2.24. The van der Waals surface area contributed by atoms with Gasteiger partial charge < -0.3 is 8.98 Å². The molecule has 0 fully saturated rings. The van der Waals surface area contributed by atoms with Gasteiger partial charge in [0.05, 0.1) is 5.52 Å². The SMILES string of the molecule is CC1CC=Cc2c1c1ccc(-c3cccc4c3oc3ccccc34)cc1n2-c1ccc(-c2nc(-c3ccccc3)nc(-c3ccccc3)n2)cc1. The Bertz CT molecular complexity index is 2720. The number of furan rings is 1. The molecule has 51 heavy (non-hydrogen) atoms. The van der Waals surface area contributed by atoms with Gasteiger partial charge in [0.25, 0.3) is 0 Å². The van der Waals surface area contributed by atoms with Gasteiger partial charge in [0.15, 0.2) is 17.5 Å². The van der Waals surface area contributed by atoms with E-state index in [0.717, 1.165) is 61.9 Å². The third-order valence-electron chi connectivity index (χ3n) is 10.1. The molecule has 3 heterocycles. The van der Waals surface area contributed by atoms with Crippen LogP contribution >= 0.6 is 0 Å². The first-order valence-electron chi connectivity index (χ1n) is 17.4. The van der Waals surface area contributed by atoms with Crippen LogP contribution in [0.25, 0.3) is 89.9 Å². The number of fused-ring (bicyclic) bond motifs is 6. The van der Waals surface area contributed by atoms with E-state index in [4.69, 9.17) is 19.4 Å². The predicted molar refractivity (Wildman–Crippen MR) is 208 cm³/mol. The summed E-state index contributed by atoms with van der Waals surface area (Å²) in [4.78, 5) is 14.8. The number of nitrogens with zero attached hydrogens (tertiary/aromatic N) is 4. The third-order valence-corrected chi connectivity index (χ3v) is 10.1. The van der Waals surface area contributed by atoms with Gasteiger partial charge in [-0.25, -0.2) is 15.0 Å². The van der Waals surface area contributed by atoms with Crippen molar-refractivity contribution in [1.29, 1.82) is 0 Å². The van der Waals surface area contributed by atoms with E-state index in [1.165, 1.54) is 22.2 Å². The lowest BCUT2D eigenvalue weighted by molar-refractivity contribution is 0.670. The van der Waals surface area contributed by atoms with Gasteiger partial charge in [0.1, 0.15) is 11.2 Å². The minimum atomic E-state index is 0.413. The summed E-state index contributed by atoms with van der Waals surface area (Å²) in [5.41, 5.74) is 11.8. The maximum absolute atomic E-state index is 6.46. The number of rotatable bonds is 5. The first-order chi connectivity index (χ1) is 25.2. The molecule has 5 heteroatoms. The van der Waals surface area contributed by atoms with Crippen LogP contribution < -0.4 is 0 Å². The van der Waals surface area contributed by atoms with Gasteiger partial charge in [0, 0.05) is 49.8 Å². The molecule has 1 atom stereocenters. The van der Waals surface area contributed by atoms with Crippen LogP contribution in [-0.4, -0.2) is 19.5 Å². The molecule has 0 spiro atoms. The number of allylic oxidation sites excluding steroid dienone is 1. The van der Waals surface area contributed by atoms with Crippen molar-refractivity contribution in [1.82, 2.24) is 19.5 Å². The highest BCUT2D eigenvalue weighted by Crippen LogP contribution is 2.42. The molecular weight excluding hydrogens is 625 g/mol. The third kappa shape index (κ3) is 4.89. The van der Waals surface area contributed by atoms with Crippen molar-refractivity contribution in [3.63, 3.8) is 0 Å². The minimum Gasteiger partial charge on any atom is -0.455 e. The van der Waals surface area contributed by atoms with E-state index in [1.54, 1.807) is 0 Å². The average molecular weight is 657 g/mol. The van der Waals surface area contributed by atoms with Crippen LogP contribution in [0.5, 0.6) is 0 Å². The van der Waals surface area contributed by atoms with Crippen LogP contribution in [0.1, 0.15) is 30.5 Å². The summed E-state index contributed by atoms with van der Waals surface area (Å²) in [5, 5.41) is 3.55.